The summed E-state index contributed by atoms with van der Waals surface area (Å²) in [6.45, 7) is -0.986. The Morgan fingerprint density at radius 1 is 0.857 bits per heavy atom. The van der Waals surface area contributed by atoms with Gasteiger partial charge in [0.15, 0.2) is 23.2 Å². The van der Waals surface area contributed by atoms with Crippen molar-refractivity contribution in [2.45, 2.75) is 36.8 Å². The number of carbonyl (C=O) groups excluding carboxylic acids is 4. The molecule has 0 radical (unpaired) electrons. The summed E-state index contributed by atoms with van der Waals surface area (Å²) in [4.78, 5) is 44.5. The van der Waals surface area contributed by atoms with Crippen LogP contribution in [0.5, 0.6) is 28.7 Å². The number of rotatable bonds is 5. The third-order valence-electron chi connectivity index (χ3n) is 6.08. The Kier molecular flexibility index (Phi) is 8.39. The van der Waals surface area contributed by atoms with Crippen LogP contribution in [0.4, 0.5) is 0 Å². The highest BCUT2D eigenvalue weighted by Crippen LogP contribution is 2.46. The Hall–Kier alpha value is -5.10. The molecule has 224 valence electrons. The first kappa shape index (κ1) is 29.9. The van der Waals surface area contributed by atoms with Crippen LogP contribution in [-0.2, 0) is 38.1 Å². The zero-order valence-corrected chi connectivity index (χ0v) is 20.9. The van der Waals surface area contributed by atoms with Crippen molar-refractivity contribution >= 4 is 30.0 Å². The number of benzene rings is 2. The van der Waals surface area contributed by atoms with Crippen molar-refractivity contribution in [1.82, 2.24) is 0 Å². The highest BCUT2D eigenvalue weighted by molar-refractivity contribution is 6.37. The topological polar surface area (TPSA) is 283 Å². The summed E-state index contributed by atoms with van der Waals surface area (Å²) >= 11 is 0. The number of hydrogen-bond acceptors (Lipinski definition) is 16. The van der Waals surface area contributed by atoms with E-state index in [4.69, 9.17) is 9.47 Å². The maximum absolute atomic E-state index is 11.8. The van der Waals surface area contributed by atoms with Gasteiger partial charge in [0, 0.05) is 12.1 Å². The standard InChI is InChI=1S/C25H22O17/c26-9-4-12(28)10-6-15(20(39-14(10)5-9)8-1-2-11(27)13(29)3-8)40-25-19(32)18(31)17(30)16(41-25)7-38-23(36)24(37)42-22(35)21(33)34/h1-6,16-20,25-32H,7H2,(H,33,34). The number of fused-ring (bicyclic) bond motifs is 1. The lowest BCUT2D eigenvalue weighted by Gasteiger charge is -2.40. The van der Waals surface area contributed by atoms with Gasteiger partial charge in [0.2, 0.25) is 6.29 Å². The van der Waals surface area contributed by atoms with Crippen molar-refractivity contribution in [3.63, 3.8) is 0 Å². The molecule has 6 atom stereocenters. The normalized spacial score (nSPS) is 24.8. The van der Waals surface area contributed by atoms with E-state index in [0.717, 1.165) is 18.2 Å². The molecular formula is C25H22O17. The van der Waals surface area contributed by atoms with E-state index in [9.17, 15) is 60.0 Å². The average Bonchev–Trinajstić information content (AvgIpc) is 2.93. The molecule has 1 saturated heterocycles. The van der Waals surface area contributed by atoms with Crippen LogP contribution in [-0.4, -0.2) is 102 Å². The minimum Gasteiger partial charge on any atom is -0.571 e. The van der Waals surface area contributed by atoms with E-state index in [1.165, 1.54) is 18.2 Å². The second-order valence-corrected chi connectivity index (χ2v) is 8.92. The molecule has 2 aliphatic heterocycles. The van der Waals surface area contributed by atoms with Gasteiger partial charge in [-0.1, -0.05) is 0 Å². The second kappa shape index (κ2) is 11.8. The summed E-state index contributed by atoms with van der Waals surface area (Å²) in [6, 6.07) is 5.87. The molecule has 2 aromatic carbocycles. The number of aliphatic hydroxyl groups is 4. The fraction of sp³-hybridized carbons (Fsp3) is 0.280. The van der Waals surface area contributed by atoms with Crippen LogP contribution in [0.3, 0.4) is 0 Å². The predicted molar refractivity (Wildman–Crippen MR) is 127 cm³/mol. The Morgan fingerprint density at radius 2 is 1.57 bits per heavy atom. The van der Waals surface area contributed by atoms with E-state index in [1.54, 1.807) is 0 Å². The van der Waals surface area contributed by atoms with Crippen LogP contribution in [0.2, 0.25) is 0 Å². The van der Waals surface area contributed by atoms with E-state index in [0.29, 0.717) is 0 Å². The van der Waals surface area contributed by atoms with Crippen LogP contribution in [0.1, 0.15) is 17.2 Å². The first-order chi connectivity index (χ1) is 19.8. The van der Waals surface area contributed by atoms with Gasteiger partial charge >= 0.3 is 17.9 Å². The van der Waals surface area contributed by atoms with Gasteiger partial charge in [-0.25, -0.2) is 14.4 Å². The summed E-state index contributed by atoms with van der Waals surface area (Å²) in [7, 11) is 0. The van der Waals surface area contributed by atoms with Gasteiger partial charge in [-0.05, 0) is 18.2 Å². The molecule has 1 fully saturated rings. The highest BCUT2D eigenvalue weighted by atomic mass is 16.7. The fourth-order valence-corrected chi connectivity index (χ4v) is 4.00. The number of aliphatic hydroxyl groups excluding tert-OH is 3. The van der Waals surface area contributed by atoms with E-state index in [-0.39, 0.29) is 28.4 Å². The van der Waals surface area contributed by atoms with Gasteiger partial charge in [-0.15, -0.1) is 0 Å². The minimum absolute atomic E-state index is 0.0584. The number of carboxylic acid groups (broad SMARTS) is 1. The van der Waals surface area contributed by atoms with E-state index in [2.05, 4.69) is 14.2 Å². The number of aromatic hydroxyl groups is 5. The van der Waals surface area contributed by atoms with Crippen molar-refractivity contribution in [1.29, 1.82) is 0 Å². The number of carbonyl (C=O) groups is 4. The van der Waals surface area contributed by atoms with Gasteiger partial charge in [-0.3, -0.25) is 0 Å². The lowest BCUT2D eigenvalue weighted by Crippen LogP contribution is -2.59. The number of carboxylic acids is 1. The molecule has 6 unspecified atom stereocenters. The number of aliphatic carboxylic acids is 1. The summed E-state index contributed by atoms with van der Waals surface area (Å²) in [5.41, 5.74) is 0.272. The second-order valence-electron chi connectivity index (χ2n) is 8.92. The molecule has 17 nitrogen and oxygen atoms in total. The van der Waals surface area contributed by atoms with Gasteiger partial charge in [0.05, 0.1) is 11.6 Å². The molecule has 0 saturated carbocycles. The summed E-state index contributed by atoms with van der Waals surface area (Å²) in [6.07, 6.45) is -9.24. The molecule has 0 bridgehead atoms. The van der Waals surface area contributed by atoms with E-state index in [1.807, 2.05) is 0 Å². The SMILES string of the molecule is O=C([O-])C(=O)OC(=O)C(=O)OCC1OC(OC2=Cc3c(O)cc(O)cc3[OH+]C2c2ccc(O)c(O)c2)C(O)C(O)C1O. The monoisotopic (exact) mass is 594 g/mol. The van der Waals surface area contributed by atoms with Crippen LogP contribution in [0, 0.1) is 0 Å². The molecular weight excluding hydrogens is 572 g/mol. The molecule has 0 spiro atoms. The number of phenolic OH excluding ortho intramolecular Hbond substituents is 4. The minimum atomic E-state index is -2.41. The lowest BCUT2D eigenvalue weighted by molar-refractivity contribution is -0.303. The van der Waals surface area contributed by atoms with Crippen LogP contribution >= 0.6 is 0 Å². The lowest BCUT2D eigenvalue weighted by atomic mass is 9.98. The van der Waals surface area contributed by atoms with Crippen molar-refractivity contribution in [2.24, 2.45) is 0 Å². The van der Waals surface area contributed by atoms with Crippen molar-refractivity contribution in [3.8, 4) is 28.7 Å². The Morgan fingerprint density at radius 3 is 2.24 bits per heavy atom. The number of phenols is 4. The smallest absolute Gasteiger partial charge is 0.425 e. The van der Waals surface area contributed by atoms with Gasteiger partial charge in [0.1, 0.15) is 48.1 Å². The molecule has 2 heterocycles. The third-order valence-corrected chi connectivity index (χ3v) is 6.08. The Labute approximate surface area is 233 Å². The van der Waals surface area contributed by atoms with Crippen LogP contribution in [0.25, 0.3) is 6.08 Å². The maximum Gasteiger partial charge on any atom is 0.425 e. The Bertz CT molecular complexity index is 1450. The first-order valence-electron chi connectivity index (χ1n) is 11.8. The number of hydrogen-bond donors (Lipinski definition) is 7. The molecule has 2 aliphatic rings. The summed E-state index contributed by atoms with van der Waals surface area (Å²) < 4.78 is 23.8. The molecule has 42 heavy (non-hydrogen) atoms. The molecule has 2 aromatic rings. The van der Waals surface area contributed by atoms with Gasteiger partial charge in [0.25, 0.3) is 11.9 Å². The molecule has 17 heteroatoms. The molecule has 0 aromatic heterocycles. The quantitative estimate of drug-likeness (QED) is 0.0598. The molecule has 0 aliphatic carbocycles. The van der Waals surface area contributed by atoms with E-state index >= 15 is 0 Å². The van der Waals surface area contributed by atoms with Crippen molar-refractivity contribution in [2.75, 3.05) is 6.61 Å². The number of esters is 3. The summed E-state index contributed by atoms with van der Waals surface area (Å²) in [5, 5.41) is 81.5. The highest BCUT2D eigenvalue weighted by Gasteiger charge is 2.47. The van der Waals surface area contributed by atoms with Crippen LogP contribution in [0.15, 0.2) is 36.1 Å². The first-order valence-corrected chi connectivity index (χ1v) is 11.8. The maximum atomic E-state index is 11.8. The average molecular weight is 594 g/mol. The predicted octanol–water partition coefficient (Wildman–Crippen LogP) is -2.97. The van der Waals surface area contributed by atoms with Crippen molar-refractivity contribution < 1.29 is 83.7 Å². The van der Waals surface area contributed by atoms with Crippen LogP contribution < -0.4 is 5.11 Å². The molecule has 0 amide bonds. The van der Waals surface area contributed by atoms with Gasteiger partial charge in [-0.2, -0.15) is 0 Å². The Balaban J connectivity index is 1.57. The molecule has 4 rings (SSSR count). The van der Waals surface area contributed by atoms with E-state index < -0.39 is 84.5 Å². The number of ether oxygens (including phenoxy) is 5. The van der Waals surface area contributed by atoms with Crippen molar-refractivity contribution in [3.05, 3.63) is 47.2 Å². The summed E-state index contributed by atoms with van der Waals surface area (Å²) in [5.74, 6) is -10.3. The third kappa shape index (κ3) is 6.13. The van der Waals surface area contributed by atoms with Gasteiger partial charge < -0.3 is 69.3 Å². The zero-order chi connectivity index (χ0) is 30.9. The molecule has 8 N–H and O–H groups in total. The zero-order valence-electron chi connectivity index (χ0n) is 20.9. The fourth-order valence-electron chi connectivity index (χ4n) is 4.00. The largest absolute Gasteiger partial charge is 0.571 e.